The topological polar surface area (TPSA) is 39.9 Å². The van der Waals surface area contributed by atoms with E-state index in [4.69, 9.17) is 5.26 Å². The van der Waals surface area contributed by atoms with Gasteiger partial charge < -0.3 is 4.90 Å². The Labute approximate surface area is 111 Å². The zero-order valence-electron chi connectivity index (χ0n) is 11.1. The van der Waals surface area contributed by atoms with Gasteiger partial charge in [0, 0.05) is 19.7 Å². The average Bonchev–Trinajstić information content (AvgIpc) is 2.39. The quantitative estimate of drug-likeness (QED) is 0.827. The van der Waals surface area contributed by atoms with Crippen molar-refractivity contribution in [3.63, 3.8) is 0 Å². The van der Waals surface area contributed by atoms with E-state index in [1.807, 2.05) is 21.0 Å². The molecule has 3 nitrogen and oxygen atoms in total. The van der Waals surface area contributed by atoms with Gasteiger partial charge >= 0.3 is 0 Å². The molecule has 0 aliphatic heterocycles. The maximum Gasteiger partial charge on any atom is 0.146 e. The second-order valence-electron chi connectivity index (χ2n) is 4.54. The highest BCUT2D eigenvalue weighted by atomic mass is 19.1. The van der Waals surface area contributed by atoms with Crippen LogP contribution in [0.1, 0.15) is 11.1 Å². The molecule has 19 heavy (non-hydrogen) atoms. The van der Waals surface area contributed by atoms with Crippen LogP contribution in [0.25, 0.3) is 11.3 Å². The largest absolute Gasteiger partial charge is 0.362 e. The number of nitrogens with zero attached hydrogens (tertiary/aromatic N) is 3. The fourth-order valence-electron chi connectivity index (χ4n) is 1.93. The van der Waals surface area contributed by atoms with E-state index in [9.17, 15) is 4.39 Å². The minimum atomic E-state index is -0.275. The summed E-state index contributed by atoms with van der Waals surface area (Å²) >= 11 is 0. The van der Waals surface area contributed by atoms with Crippen LogP contribution in [-0.4, -0.2) is 19.1 Å². The van der Waals surface area contributed by atoms with Crippen LogP contribution >= 0.6 is 0 Å². The van der Waals surface area contributed by atoms with E-state index in [2.05, 4.69) is 11.1 Å². The lowest BCUT2D eigenvalue weighted by Crippen LogP contribution is -2.13. The van der Waals surface area contributed by atoms with Crippen molar-refractivity contribution in [2.45, 2.75) is 6.92 Å². The molecule has 2 rings (SSSR count). The Morgan fingerprint density at radius 3 is 2.37 bits per heavy atom. The highest BCUT2D eigenvalue weighted by molar-refractivity contribution is 5.68. The van der Waals surface area contributed by atoms with Gasteiger partial charge in [-0.15, -0.1) is 0 Å². The fraction of sp³-hybridized carbons (Fsp3) is 0.200. The summed E-state index contributed by atoms with van der Waals surface area (Å²) in [6.45, 7) is 1.89. The maximum absolute atomic E-state index is 13.0. The van der Waals surface area contributed by atoms with Gasteiger partial charge in [-0.2, -0.15) is 5.26 Å². The summed E-state index contributed by atoms with van der Waals surface area (Å²) in [6.07, 6.45) is 0. The molecule has 0 bridgehead atoms. The molecule has 4 heteroatoms. The summed E-state index contributed by atoms with van der Waals surface area (Å²) in [5.74, 6) is 0.343. The third-order valence-corrected chi connectivity index (χ3v) is 2.85. The predicted octanol–water partition coefficient (Wildman–Crippen LogP) is 3.13. The molecule has 96 valence electrons. The first-order valence-electron chi connectivity index (χ1n) is 5.88. The minimum absolute atomic E-state index is 0.275. The highest BCUT2D eigenvalue weighted by Gasteiger charge is 2.12. The number of nitriles is 1. The van der Waals surface area contributed by atoms with Gasteiger partial charge in [-0.1, -0.05) is 0 Å². The Balaban J connectivity index is 2.61. The number of halogens is 1. The Hall–Kier alpha value is -2.41. The molecule has 0 atom stereocenters. The number of anilines is 1. The van der Waals surface area contributed by atoms with Crippen molar-refractivity contribution in [1.29, 1.82) is 5.26 Å². The summed E-state index contributed by atoms with van der Waals surface area (Å²) in [5, 5.41) is 9.12. The lowest BCUT2D eigenvalue weighted by molar-refractivity contribution is 0.628. The zero-order chi connectivity index (χ0) is 14.0. The second-order valence-corrected chi connectivity index (χ2v) is 4.54. The first-order valence-corrected chi connectivity index (χ1v) is 5.88. The van der Waals surface area contributed by atoms with Crippen LogP contribution in [0.15, 0.2) is 30.3 Å². The van der Waals surface area contributed by atoms with Crippen molar-refractivity contribution in [1.82, 2.24) is 4.98 Å². The molecule has 2 aromatic rings. The average molecular weight is 255 g/mol. The second kappa shape index (κ2) is 5.07. The molecule has 0 N–H and O–H groups in total. The van der Waals surface area contributed by atoms with E-state index in [1.165, 1.54) is 12.1 Å². The molecular weight excluding hydrogens is 241 g/mol. The van der Waals surface area contributed by atoms with Crippen LogP contribution in [0.3, 0.4) is 0 Å². The van der Waals surface area contributed by atoms with Gasteiger partial charge in [-0.3, -0.25) is 0 Å². The first-order chi connectivity index (χ1) is 9.02. The number of benzene rings is 1. The van der Waals surface area contributed by atoms with E-state index in [0.717, 1.165) is 16.8 Å². The Kier molecular flexibility index (Phi) is 3.48. The summed E-state index contributed by atoms with van der Waals surface area (Å²) < 4.78 is 13.0. The smallest absolute Gasteiger partial charge is 0.146 e. The number of hydrogen-bond donors (Lipinski definition) is 0. The predicted molar refractivity (Wildman–Crippen MR) is 73.4 cm³/mol. The molecule has 1 heterocycles. The standard InChI is InChI=1S/C15H14FN3/c1-10-8-12(9-17)15(19(2)3)18-14(10)11-4-6-13(16)7-5-11/h4-8H,1-3H3. The summed E-state index contributed by atoms with van der Waals surface area (Å²) in [6, 6.07) is 10.1. The van der Waals surface area contributed by atoms with Crippen molar-refractivity contribution in [3.05, 3.63) is 47.3 Å². The number of pyridine rings is 1. The SMILES string of the molecule is Cc1cc(C#N)c(N(C)C)nc1-c1ccc(F)cc1. The number of aryl methyl sites for hydroxylation is 1. The van der Waals surface area contributed by atoms with Crippen LogP contribution in [0, 0.1) is 24.1 Å². The minimum Gasteiger partial charge on any atom is -0.362 e. The van der Waals surface area contributed by atoms with E-state index in [0.29, 0.717) is 11.4 Å². The van der Waals surface area contributed by atoms with Crippen LogP contribution in [0.5, 0.6) is 0 Å². The van der Waals surface area contributed by atoms with Gasteiger partial charge in [0.1, 0.15) is 17.7 Å². The molecule has 0 amide bonds. The van der Waals surface area contributed by atoms with E-state index < -0.39 is 0 Å². The van der Waals surface area contributed by atoms with Crippen LogP contribution < -0.4 is 4.90 Å². The van der Waals surface area contributed by atoms with Gasteiger partial charge in [0.25, 0.3) is 0 Å². The lowest BCUT2D eigenvalue weighted by atomic mass is 10.0. The molecule has 0 fully saturated rings. The number of rotatable bonds is 2. The van der Waals surface area contributed by atoms with Crippen molar-refractivity contribution in [3.8, 4) is 17.3 Å². The molecule has 0 saturated carbocycles. The molecule has 0 saturated heterocycles. The molecule has 0 aliphatic carbocycles. The molecule has 0 aliphatic rings. The first kappa shape index (κ1) is 13.0. The third kappa shape index (κ3) is 2.55. The van der Waals surface area contributed by atoms with Crippen LogP contribution in [0.2, 0.25) is 0 Å². The van der Waals surface area contributed by atoms with Gasteiger partial charge in [-0.25, -0.2) is 9.37 Å². The fourth-order valence-corrected chi connectivity index (χ4v) is 1.93. The van der Waals surface area contributed by atoms with Gasteiger partial charge in [0.15, 0.2) is 0 Å². The van der Waals surface area contributed by atoms with Crippen LogP contribution in [0.4, 0.5) is 10.2 Å². The monoisotopic (exact) mass is 255 g/mol. The highest BCUT2D eigenvalue weighted by Crippen LogP contribution is 2.26. The Morgan fingerprint density at radius 1 is 1.21 bits per heavy atom. The van der Waals surface area contributed by atoms with Gasteiger partial charge in [0.2, 0.25) is 0 Å². The summed E-state index contributed by atoms with van der Waals surface area (Å²) in [7, 11) is 3.68. The van der Waals surface area contributed by atoms with Crippen molar-refractivity contribution < 1.29 is 4.39 Å². The Bertz CT molecular complexity index is 640. The molecule has 0 radical (unpaired) electrons. The molecule has 1 aromatic carbocycles. The number of hydrogen-bond acceptors (Lipinski definition) is 3. The third-order valence-electron chi connectivity index (χ3n) is 2.85. The van der Waals surface area contributed by atoms with E-state index in [-0.39, 0.29) is 5.82 Å². The Morgan fingerprint density at radius 2 is 1.84 bits per heavy atom. The van der Waals surface area contributed by atoms with E-state index in [1.54, 1.807) is 23.1 Å². The molecular formula is C15H14FN3. The van der Waals surface area contributed by atoms with Crippen molar-refractivity contribution in [2.75, 3.05) is 19.0 Å². The summed E-state index contributed by atoms with van der Waals surface area (Å²) in [4.78, 5) is 6.32. The van der Waals surface area contributed by atoms with Crippen molar-refractivity contribution >= 4 is 5.82 Å². The molecule has 0 spiro atoms. The summed E-state index contributed by atoms with van der Waals surface area (Å²) in [5.41, 5.74) is 3.04. The molecule has 0 unspecified atom stereocenters. The maximum atomic E-state index is 13.0. The molecule has 1 aromatic heterocycles. The van der Waals surface area contributed by atoms with Gasteiger partial charge in [0.05, 0.1) is 11.3 Å². The van der Waals surface area contributed by atoms with Crippen LogP contribution in [-0.2, 0) is 0 Å². The van der Waals surface area contributed by atoms with Crippen molar-refractivity contribution in [2.24, 2.45) is 0 Å². The van der Waals surface area contributed by atoms with E-state index >= 15 is 0 Å². The normalized spacial score (nSPS) is 10.1. The lowest BCUT2D eigenvalue weighted by Gasteiger charge is -2.16. The van der Waals surface area contributed by atoms with Gasteiger partial charge in [-0.05, 0) is 42.8 Å². The number of aromatic nitrogens is 1. The zero-order valence-corrected chi connectivity index (χ0v) is 11.1.